The van der Waals surface area contributed by atoms with E-state index < -0.39 is 0 Å². The van der Waals surface area contributed by atoms with E-state index in [9.17, 15) is 15.0 Å². The first-order chi connectivity index (χ1) is 9.38. The zero-order valence-electron chi connectivity index (χ0n) is 11.8. The summed E-state index contributed by atoms with van der Waals surface area (Å²) in [5.41, 5.74) is 0.924. The van der Waals surface area contributed by atoms with Gasteiger partial charge in [0.05, 0.1) is 11.7 Å². The van der Waals surface area contributed by atoms with Gasteiger partial charge in [0.25, 0.3) is 0 Å². The van der Waals surface area contributed by atoms with Gasteiger partial charge >= 0.3 is 0 Å². The number of phenols is 1. The first-order valence-electron chi connectivity index (χ1n) is 6.81. The number of halogens is 1. The van der Waals surface area contributed by atoms with Crippen LogP contribution in [0, 0.1) is 5.92 Å². The van der Waals surface area contributed by atoms with Crippen molar-refractivity contribution < 1.29 is 15.0 Å². The lowest BCUT2D eigenvalue weighted by Gasteiger charge is -2.19. The molecule has 0 amide bonds. The first-order valence-corrected chi connectivity index (χ1v) is 7.19. The van der Waals surface area contributed by atoms with Crippen LogP contribution in [0.15, 0.2) is 12.1 Å². The van der Waals surface area contributed by atoms with Gasteiger partial charge in [-0.3, -0.25) is 9.69 Å². The summed E-state index contributed by atoms with van der Waals surface area (Å²) in [6.45, 7) is 5.42. The lowest BCUT2D eigenvalue weighted by Crippen LogP contribution is -2.24. The molecule has 1 aromatic rings. The molecule has 2 unspecified atom stereocenters. The molecular weight excluding hydrogens is 278 g/mol. The maximum atomic E-state index is 11.5. The molecule has 1 heterocycles. The minimum Gasteiger partial charge on any atom is -0.507 e. The summed E-state index contributed by atoms with van der Waals surface area (Å²) in [6, 6.07) is 3.18. The number of aliphatic hydroxyl groups excluding tert-OH is 1. The Labute approximate surface area is 124 Å². The SMILES string of the molecule is CC(=O)c1cc(Cl)cc(CN2CCC(C(C)O)C2)c1O. The van der Waals surface area contributed by atoms with Gasteiger partial charge in [-0.05, 0) is 44.9 Å². The normalized spacial score (nSPS) is 21.1. The number of hydrogen-bond donors (Lipinski definition) is 2. The molecule has 1 saturated heterocycles. The van der Waals surface area contributed by atoms with Crippen molar-refractivity contribution in [3.63, 3.8) is 0 Å². The summed E-state index contributed by atoms with van der Waals surface area (Å²) in [6.07, 6.45) is 0.624. The average molecular weight is 298 g/mol. The number of rotatable bonds is 4. The van der Waals surface area contributed by atoms with Gasteiger partial charge in [0.15, 0.2) is 5.78 Å². The highest BCUT2D eigenvalue weighted by atomic mass is 35.5. The molecule has 0 aromatic heterocycles. The number of benzene rings is 1. The molecule has 20 heavy (non-hydrogen) atoms. The third-order valence-electron chi connectivity index (χ3n) is 3.92. The van der Waals surface area contributed by atoms with E-state index in [1.165, 1.54) is 13.0 Å². The van der Waals surface area contributed by atoms with Crippen molar-refractivity contribution in [3.05, 3.63) is 28.3 Å². The topological polar surface area (TPSA) is 60.8 Å². The van der Waals surface area contributed by atoms with Crippen LogP contribution in [0.3, 0.4) is 0 Å². The summed E-state index contributed by atoms with van der Waals surface area (Å²) < 4.78 is 0. The number of hydrogen-bond acceptors (Lipinski definition) is 4. The zero-order chi connectivity index (χ0) is 14.9. The number of aromatic hydroxyl groups is 1. The molecule has 0 aliphatic carbocycles. The Morgan fingerprint density at radius 1 is 1.55 bits per heavy atom. The van der Waals surface area contributed by atoms with Crippen LogP contribution in [-0.4, -0.2) is 40.1 Å². The summed E-state index contributed by atoms with van der Waals surface area (Å²) in [4.78, 5) is 13.6. The van der Waals surface area contributed by atoms with Gasteiger partial charge in [-0.25, -0.2) is 0 Å². The van der Waals surface area contributed by atoms with E-state index >= 15 is 0 Å². The molecule has 1 aliphatic rings. The molecule has 5 heteroatoms. The minimum absolute atomic E-state index is 0.0161. The molecule has 4 nitrogen and oxygen atoms in total. The van der Waals surface area contributed by atoms with E-state index in [0.29, 0.717) is 17.1 Å². The van der Waals surface area contributed by atoms with Gasteiger partial charge in [0, 0.05) is 23.7 Å². The number of phenolic OH excluding ortho intramolecular Hbond substituents is 1. The van der Waals surface area contributed by atoms with E-state index in [2.05, 4.69) is 4.90 Å². The number of aliphatic hydroxyl groups is 1. The standard InChI is InChI=1S/C15H20ClNO3/c1-9(18)11-3-4-17(7-11)8-12-5-13(16)6-14(10(2)19)15(12)20/h5-6,9,11,18,20H,3-4,7-8H2,1-2H3. The second kappa shape index (κ2) is 6.12. The van der Waals surface area contributed by atoms with E-state index in [-0.39, 0.29) is 29.1 Å². The fraction of sp³-hybridized carbons (Fsp3) is 0.533. The van der Waals surface area contributed by atoms with Crippen molar-refractivity contribution in [2.75, 3.05) is 13.1 Å². The van der Waals surface area contributed by atoms with Gasteiger partial charge in [0.1, 0.15) is 5.75 Å². The molecule has 2 rings (SSSR count). The Kier molecular flexibility index (Phi) is 4.68. The molecule has 1 aliphatic heterocycles. The van der Waals surface area contributed by atoms with Crippen LogP contribution in [0.2, 0.25) is 5.02 Å². The number of ketones is 1. The Bertz CT molecular complexity index is 516. The summed E-state index contributed by atoms with van der Waals surface area (Å²) in [5.74, 6) is 0.0838. The molecular formula is C15H20ClNO3. The van der Waals surface area contributed by atoms with Crippen molar-refractivity contribution in [1.29, 1.82) is 0 Å². The smallest absolute Gasteiger partial charge is 0.163 e. The zero-order valence-corrected chi connectivity index (χ0v) is 12.5. The van der Waals surface area contributed by atoms with Crippen molar-refractivity contribution in [1.82, 2.24) is 4.90 Å². The molecule has 1 aromatic carbocycles. The third-order valence-corrected chi connectivity index (χ3v) is 4.14. The average Bonchev–Trinajstić information content (AvgIpc) is 2.81. The van der Waals surface area contributed by atoms with Crippen LogP contribution in [0.25, 0.3) is 0 Å². The quantitative estimate of drug-likeness (QED) is 0.838. The van der Waals surface area contributed by atoms with Crippen LogP contribution in [0.4, 0.5) is 0 Å². The molecule has 1 fully saturated rings. The van der Waals surface area contributed by atoms with Crippen molar-refractivity contribution in [3.8, 4) is 5.75 Å². The van der Waals surface area contributed by atoms with Crippen LogP contribution < -0.4 is 0 Å². The minimum atomic E-state index is -0.319. The lowest BCUT2D eigenvalue weighted by molar-refractivity contribution is 0.101. The molecule has 2 atom stereocenters. The Morgan fingerprint density at radius 2 is 2.25 bits per heavy atom. The fourth-order valence-electron chi connectivity index (χ4n) is 2.69. The van der Waals surface area contributed by atoms with Crippen LogP contribution in [0.1, 0.15) is 36.2 Å². The molecule has 0 spiro atoms. The highest BCUT2D eigenvalue weighted by Crippen LogP contribution is 2.30. The fourth-order valence-corrected chi connectivity index (χ4v) is 2.93. The molecule has 0 bridgehead atoms. The van der Waals surface area contributed by atoms with Gasteiger partial charge in [-0.2, -0.15) is 0 Å². The second-order valence-corrected chi connectivity index (χ2v) is 5.98. The Hall–Kier alpha value is -1.10. The largest absolute Gasteiger partial charge is 0.507 e. The number of Topliss-reactive ketones (excluding diaryl/α,β-unsaturated/α-hetero) is 1. The maximum absolute atomic E-state index is 11.5. The Balaban J connectivity index is 2.16. The van der Waals surface area contributed by atoms with Gasteiger partial charge < -0.3 is 10.2 Å². The second-order valence-electron chi connectivity index (χ2n) is 5.54. The van der Waals surface area contributed by atoms with Crippen LogP contribution >= 0.6 is 11.6 Å². The molecule has 2 N–H and O–H groups in total. The summed E-state index contributed by atoms with van der Waals surface area (Å²) >= 11 is 6.01. The van der Waals surface area contributed by atoms with E-state index in [0.717, 1.165) is 19.5 Å². The summed E-state index contributed by atoms with van der Waals surface area (Å²) in [7, 11) is 0. The van der Waals surface area contributed by atoms with E-state index in [1.54, 1.807) is 13.0 Å². The van der Waals surface area contributed by atoms with Gasteiger partial charge in [0.2, 0.25) is 0 Å². The van der Waals surface area contributed by atoms with Crippen molar-refractivity contribution >= 4 is 17.4 Å². The van der Waals surface area contributed by atoms with Crippen LogP contribution in [0.5, 0.6) is 5.75 Å². The summed E-state index contributed by atoms with van der Waals surface area (Å²) in [5, 5.41) is 20.2. The van der Waals surface area contributed by atoms with Crippen molar-refractivity contribution in [2.45, 2.75) is 32.9 Å². The van der Waals surface area contributed by atoms with Gasteiger partial charge in [-0.15, -0.1) is 0 Å². The van der Waals surface area contributed by atoms with Crippen LogP contribution in [-0.2, 0) is 6.54 Å². The molecule has 0 saturated carbocycles. The molecule has 110 valence electrons. The van der Waals surface area contributed by atoms with Crippen molar-refractivity contribution in [2.24, 2.45) is 5.92 Å². The monoisotopic (exact) mass is 297 g/mol. The van der Waals surface area contributed by atoms with E-state index in [1.807, 2.05) is 0 Å². The number of carbonyl (C=O) groups excluding carboxylic acids is 1. The number of nitrogens with zero attached hydrogens (tertiary/aromatic N) is 1. The highest BCUT2D eigenvalue weighted by molar-refractivity contribution is 6.31. The first kappa shape index (κ1) is 15.3. The molecule has 0 radical (unpaired) electrons. The number of likely N-dealkylation sites (tertiary alicyclic amines) is 1. The predicted octanol–water partition coefficient (Wildman–Crippen LogP) is 2.45. The predicted molar refractivity (Wildman–Crippen MR) is 78.2 cm³/mol. The highest BCUT2D eigenvalue weighted by Gasteiger charge is 2.26. The number of carbonyl (C=O) groups is 1. The Morgan fingerprint density at radius 3 is 2.80 bits per heavy atom. The maximum Gasteiger partial charge on any atom is 0.163 e. The van der Waals surface area contributed by atoms with E-state index in [4.69, 9.17) is 11.6 Å². The lowest BCUT2D eigenvalue weighted by atomic mass is 10.0. The third kappa shape index (κ3) is 3.32. The van der Waals surface area contributed by atoms with Gasteiger partial charge in [-0.1, -0.05) is 11.6 Å².